The van der Waals surface area contributed by atoms with Gasteiger partial charge in [0, 0.05) is 32.3 Å². The first-order chi connectivity index (χ1) is 12.0. The number of nitrogens with one attached hydrogen (secondary N) is 1. The van der Waals surface area contributed by atoms with Crippen molar-refractivity contribution in [1.82, 2.24) is 5.32 Å². The van der Waals surface area contributed by atoms with Crippen LogP contribution in [0, 0.1) is 11.8 Å². The normalized spacial score (nSPS) is 29.3. The zero-order valence-corrected chi connectivity index (χ0v) is 16.1. The van der Waals surface area contributed by atoms with E-state index in [-0.39, 0.29) is 31.3 Å². The van der Waals surface area contributed by atoms with Crippen molar-refractivity contribution in [2.24, 2.45) is 11.8 Å². The molecule has 2 fully saturated rings. The van der Waals surface area contributed by atoms with Crippen molar-refractivity contribution in [3.8, 4) is 0 Å². The van der Waals surface area contributed by atoms with E-state index in [4.69, 9.17) is 9.47 Å². The maximum absolute atomic E-state index is 12.0. The van der Waals surface area contributed by atoms with Crippen molar-refractivity contribution in [3.05, 3.63) is 0 Å². The van der Waals surface area contributed by atoms with E-state index < -0.39 is 0 Å². The van der Waals surface area contributed by atoms with Crippen LogP contribution in [0.15, 0.2) is 0 Å². The molecule has 5 heteroatoms. The maximum atomic E-state index is 12.0. The quantitative estimate of drug-likeness (QED) is 0.651. The van der Waals surface area contributed by atoms with Crippen LogP contribution in [0.1, 0.15) is 73.6 Å². The largest absolute Gasteiger partial charge is 0.378 e. The third-order valence-corrected chi connectivity index (χ3v) is 5.34. The number of ether oxygens (including phenoxy) is 2. The van der Waals surface area contributed by atoms with Gasteiger partial charge in [-0.25, -0.2) is 0 Å². The molecule has 2 rings (SSSR count). The molecular weight excluding hydrogens is 318 g/mol. The third-order valence-electron chi connectivity index (χ3n) is 5.34. The van der Waals surface area contributed by atoms with E-state index in [1.54, 1.807) is 0 Å². The van der Waals surface area contributed by atoms with Gasteiger partial charge in [-0.2, -0.15) is 0 Å². The second-order valence-corrected chi connectivity index (χ2v) is 7.88. The van der Waals surface area contributed by atoms with Crippen LogP contribution in [-0.4, -0.2) is 43.2 Å². The van der Waals surface area contributed by atoms with E-state index >= 15 is 0 Å². The minimum atomic E-state index is 0. The van der Waals surface area contributed by atoms with Crippen molar-refractivity contribution in [2.75, 3.05) is 13.2 Å². The SMILES string of the molecule is CCCOC1CCC(OCCC(=O)NC2CC(C(=O)C(C)C)C2)CC1.[HH]. The minimum absolute atomic E-state index is 0. The first-order valence-electron chi connectivity index (χ1n) is 10.1. The molecule has 0 unspecified atom stereocenters. The molecule has 0 bridgehead atoms. The van der Waals surface area contributed by atoms with Crippen LogP contribution in [0.4, 0.5) is 0 Å². The molecule has 0 saturated heterocycles. The lowest BCUT2D eigenvalue weighted by atomic mass is 9.75. The minimum Gasteiger partial charge on any atom is -0.378 e. The van der Waals surface area contributed by atoms with E-state index in [0.29, 0.717) is 24.9 Å². The predicted molar refractivity (Wildman–Crippen MR) is 99.5 cm³/mol. The van der Waals surface area contributed by atoms with Crippen LogP contribution in [0.3, 0.4) is 0 Å². The summed E-state index contributed by atoms with van der Waals surface area (Å²) >= 11 is 0. The van der Waals surface area contributed by atoms with Gasteiger partial charge >= 0.3 is 0 Å². The Morgan fingerprint density at radius 2 is 1.60 bits per heavy atom. The fourth-order valence-electron chi connectivity index (χ4n) is 3.71. The smallest absolute Gasteiger partial charge is 0.222 e. The van der Waals surface area contributed by atoms with Gasteiger partial charge in [-0.1, -0.05) is 20.8 Å². The molecule has 2 aliphatic rings. The van der Waals surface area contributed by atoms with Gasteiger partial charge in [0.2, 0.25) is 5.91 Å². The average Bonchev–Trinajstić information content (AvgIpc) is 2.56. The van der Waals surface area contributed by atoms with Crippen LogP contribution < -0.4 is 5.32 Å². The molecule has 146 valence electrons. The Morgan fingerprint density at radius 3 is 2.12 bits per heavy atom. The molecular formula is C20H37NO4. The summed E-state index contributed by atoms with van der Waals surface area (Å²) in [7, 11) is 0. The Balaban J connectivity index is 0.00000338. The number of hydrogen-bond acceptors (Lipinski definition) is 4. The van der Waals surface area contributed by atoms with Crippen LogP contribution in [0.25, 0.3) is 0 Å². The highest BCUT2D eigenvalue weighted by Gasteiger charge is 2.35. The second-order valence-electron chi connectivity index (χ2n) is 7.88. The molecule has 0 heterocycles. The van der Waals surface area contributed by atoms with Crippen molar-refractivity contribution in [3.63, 3.8) is 0 Å². The number of amides is 1. The van der Waals surface area contributed by atoms with Gasteiger partial charge in [0.15, 0.2) is 0 Å². The number of carbonyl (C=O) groups is 2. The predicted octanol–water partition coefficient (Wildman–Crippen LogP) is 3.50. The molecule has 0 atom stereocenters. The number of ketones is 1. The van der Waals surface area contributed by atoms with Crippen molar-refractivity contribution in [2.45, 2.75) is 90.4 Å². The van der Waals surface area contributed by atoms with Gasteiger partial charge in [0.25, 0.3) is 0 Å². The van der Waals surface area contributed by atoms with E-state index in [9.17, 15) is 9.59 Å². The summed E-state index contributed by atoms with van der Waals surface area (Å²) < 4.78 is 11.6. The number of rotatable bonds is 10. The topological polar surface area (TPSA) is 64.6 Å². The van der Waals surface area contributed by atoms with Crippen LogP contribution in [0.5, 0.6) is 0 Å². The fourth-order valence-corrected chi connectivity index (χ4v) is 3.71. The molecule has 2 saturated carbocycles. The van der Waals surface area contributed by atoms with E-state index in [1.807, 2.05) is 13.8 Å². The summed E-state index contributed by atoms with van der Waals surface area (Å²) in [5.74, 6) is 0.608. The molecule has 0 radical (unpaired) electrons. The number of carbonyl (C=O) groups excluding carboxylic acids is 2. The molecule has 0 aromatic rings. The summed E-state index contributed by atoms with van der Waals surface area (Å²) in [4.78, 5) is 23.8. The highest BCUT2D eigenvalue weighted by atomic mass is 16.5. The molecule has 0 spiro atoms. The molecule has 0 aliphatic heterocycles. The first kappa shape index (κ1) is 20.4. The molecule has 0 aromatic carbocycles. The monoisotopic (exact) mass is 355 g/mol. The summed E-state index contributed by atoms with van der Waals surface area (Å²) in [6, 6.07) is 0.173. The lowest BCUT2D eigenvalue weighted by molar-refractivity contribution is -0.131. The molecule has 1 amide bonds. The van der Waals surface area contributed by atoms with Crippen molar-refractivity contribution < 1.29 is 20.5 Å². The molecule has 25 heavy (non-hydrogen) atoms. The van der Waals surface area contributed by atoms with Crippen LogP contribution in [-0.2, 0) is 19.1 Å². The standard InChI is InChI=1S/C20H35NO4.H2/c1-4-10-24-17-5-7-18(8-6-17)25-11-9-19(22)21-16-12-15(13-16)20(23)14(2)3;/h14-18H,4-13H2,1-3H3,(H,21,22);1H. The summed E-state index contributed by atoms with van der Waals surface area (Å²) in [6.45, 7) is 7.34. The van der Waals surface area contributed by atoms with Gasteiger partial charge in [-0.3, -0.25) is 9.59 Å². The molecule has 1 N–H and O–H groups in total. The summed E-state index contributed by atoms with van der Waals surface area (Å²) in [6.07, 6.45) is 7.90. The summed E-state index contributed by atoms with van der Waals surface area (Å²) in [5.41, 5.74) is 0. The molecule has 0 aromatic heterocycles. The fraction of sp³-hybridized carbons (Fsp3) is 0.900. The van der Waals surface area contributed by atoms with Gasteiger partial charge in [-0.05, 0) is 44.9 Å². The number of Topliss-reactive ketones (excluding diaryl/α,β-unsaturated/α-hetero) is 1. The van der Waals surface area contributed by atoms with Gasteiger partial charge in [0.1, 0.15) is 5.78 Å². The zero-order valence-electron chi connectivity index (χ0n) is 16.1. The highest BCUT2D eigenvalue weighted by molar-refractivity contribution is 5.84. The lowest BCUT2D eigenvalue weighted by Gasteiger charge is -2.35. The van der Waals surface area contributed by atoms with E-state index in [1.165, 1.54) is 0 Å². The second kappa shape index (κ2) is 10.3. The zero-order chi connectivity index (χ0) is 18.2. The average molecular weight is 356 g/mol. The van der Waals surface area contributed by atoms with E-state index in [0.717, 1.165) is 51.6 Å². The van der Waals surface area contributed by atoms with E-state index in [2.05, 4.69) is 12.2 Å². The Labute approximate surface area is 153 Å². The highest BCUT2D eigenvalue weighted by Crippen LogP contribution is 2.30. The maximum Gasteiger partial charge on any atom is 0.222 e. The van der Waals surface area contributed by atoms with Gasteiger partial charge in [0.05, 0.1) is 18.8 Å². The van der Waals surface area contributed by atoms with Crippen molar-refractivity contribution >= 4 is 11.7 Å². The molecule has 5 nitrogen and oxygen atoms in total. The Bertz CT molecular complexity index is 430. The lowest BCUT2D eigenvalue weighted by Crippen LogP contribution is -2.47. The van der Waals surface area contributed by atoms with Gasteiger partial charge < -0.3 is 14.8 Å². The van der Waals surface area contributed by atoms with Crippen molar-refractivity contribution in [1.29, 1.82) is 0 Å². The summed E-state index contributed by atoms with van der Waals surface area (Å²) in [5, 5.41) is 3.02. The number of hydrogen-bond donors (Lipinski definition) is 1. The Hall–Kier alpha value is -0.940. The Morgan fingerprint density at radius 1 is 1.04 bits per heavy atom. The van der Waals surface area contributed by atoms with Gasteiger partial charge in [-0.15, -0.1) is 0 Å². The Kier molecular flexibility index (Phi) is 8.37. The van der Waals surface area contributed by atoms with Crippen LogP contribution in [0.2, 0.25) is 0 Å². The molecule has 2 aliphatic carbocycles. The van der Waals surface area contributed by atoms with Crippen LogP contribution >= 0.6 is 0 Å². The third kappa shape index (κ3) is 6.70. The first-order valence-corrected chi connectivity index (χ1v) is 10.1.